The largest absolute Gasteiger partial charge is 0.507 e. The van der Waals surface area contributed by atoms with Gasteiger partial charge in [0.05, 0.1) is 12.1 Å². The molecule has 2 aromatic rings. The highest BCUT2D eigenvalue weighted by Gasteiger charge is 2.29. The van der Waals surface area contributed by atoms with Crippen LogP contribution in [0.2, 0.25) is 0 Å². The van der Waals surface area contributed by atoms with Crippen molar-refractivity contribution in [1.29, 1.82) is 0 Å². The van der Waals surface area contributed by atoms with Crippen molar-refractivity contribution in [3.05, 3.63) is 64.7 Å². The summed E-state index contributed by atoms with van der Waals surface area (Å²) in [5.74, 6) is 0.332. The summed E-state index contributed by atoms with van der Waals surface area (Å²) in [6, 6.07) is 13.3. The summed E-state index contributed by atoms with van der Waals surface area (Å²) in [4.78, 5) is 0. The molecule has 0 unspecified atom stereocenters. The summed E-state index contributed by atoms with van der Waals surface area (Å²) >= 11 is 0. The molecule has 2 atom stereocenters. The fraction of sp³-hybridized carbons (Fsp3) is 0.478. The van der Waals surface area contributed by atoms with Gasteiger partial charge >= 0.3 is 0 Å². The van der Waals surface area contributed by atoms with Crippen molar-refractivity contribution in [1.82, 2.24) is 0 Å². The van der Waals surface area contributed by atoms with Gasteiger partial charge in [0.15, 0.2) is 0 Å². The first kappa shape index (κ1) is 20.5. The van der Waals surface area contributed by atoms with Gasteiger partial charge < -0.3 is 15.9 Å². The molecule has 0 heterocycles. The lowest BCUT2D eigenvalue weighted by molar-refractivity contribution is 0.145. The van der Waals surface area contributed by atoms with Gasteiger partial charge in [-0.3, -0.25) is 0 Å². The number of aliphatic hydroxyl groups excluding tert-OH is 1. The molecule has 2 aromatic carbocycles. The van der Waals surface area contributed by atoms with Crippen molar-refractivity contribution < 1.29 is 10.2 Å². The van der Waals surface area contributed by atoms with E-state index < -0.39 is 12.1 Å². The van der Waals surface area contributed by atoms with Crippen molar-refractivity contribution in [3.63, 3.8) is 0 Å². The second-order valence-electron chi connectivity index (χ2n) is 9.25. The zero-order chi connectivity index (χ0) is 19.7. The van der Waals surface area contributed by atoms with E-state index in [2.05, 4.69) is 41.5 Å². The predicted octanol–water partition coefficient (Wildman–Crippen LogP) is 4.59. The average Bonchev–Trinajstić information content (AvgIpc) is 2.53. The maximum absolute atomic E-state index is 10.8. The Morgan fingerprint density at radius 3 is 1.77 bits per heavy atom. The smallest absolute Gasteiger partial charge is 0.123 e. The molecule has 0 fully saturated rings. The second kappa shape index (κ2) is 7.42. The van der Waals surface area contributed by atoms with Crippen LogP contribution in [0.15, 0.2) is 42.5 Å². The summed E-state index contributed by atoms with van der Waals surface area (Å²) in [5.41, 5.74) is 9.64. The highest BCUT2D eigenvalue weighted by Crippen LogP contribution is 2.41. The number of hydrogen-bond acceptors (Lipinski definition) is 3. The molecule has 0 saturated carbocycles. The number of rotatable bonds is 4. The van der Waals surface area contributed by atoms with E-state index in [-0.39, 0.29) is 10.8 Å². The van der Waals surface area contributed by atoms with Crippen LogP contribution in [0.5, 0.6) is 5.75 Å². The molecule has 26 heavy (non-hydrogen) atoms. The SMILES string of the molecule is CC(C)(C)c1cc([C@H](N)[C@H](O)Cc2ccccc2)cc(C(C)(C)C)c1O. The van der Waals surface area contributed by atoms with Gasteiger partial charge in [-0.05, 0) is 45.2 Å². The Morgan fingerprint density at radius 1 is 0.885 bits per heavy atom. The third kappa shape index (κ3) is 4.66. The topological polar surface area (TPSA) is 66.5 Å². The van der Waals surface area contributed by atoms with Gasteiger partial charge in [-0.1, -0.05) is 71.9 Å². The second-order valence-corrected chi connectivity index (χ2v) is 9.25. The fourth-order valence-electron chi connectivity index (χ4n) is 3.20. The molecule has 142 valence electrons. The van der Waals surface area contributed by atoms with Crippen LogP contribution in [0, 0.1) is 0 Å². The average molecular weight is 356 g/mol. The summed E-state index contributed by atoms with van der Waals surface area (Å²) in [6.45, 7) is 12.4. The molecule has 0 aromatic heterocycles. The number of phenols is 1. The van der Waals surface area contributed by atoms with Crippen LogP contribution in [0.1, 0.15) is 69.8 Å². The minimum Gasteiger partial charge on any atom is -0.507 e. The first-order valence-corrected chi connectivity index (χ1v) is 9.26. The van der Waals surface area contributed by atoms with Gasteiger partial charge in [-0.2, -0.15) is 0 Å². The van der Waals surface area contributed by atoms with E-state index in [0.29, 0.717) is 12.2 Å². The van der Waals surface area contributed by atoms with E-state index in [4.69, 9.17) is 5.73 Å². The molecular formula is C23H33NO2. The van der Waals surface area contributed by atoms with Crippen LogP contribution in [-0.4, -0.2) is 16.3 Å². The van der Waals surface area contributed by atoms with Crippen LogP contribution in [-0.2, 0) is 17.3 Å². The zero-order valence-electron chi connectivity index (χ0n) is 16.9. The monoisotopic (exact) mass is 355 g/mol. The van der Waals surface area contributed by atoms with E-state index >= 15 is 0 Å². The van der Waals surface area contributed by atoms with Gasteiger partial charge in [0.2, 0.25) is 0 Å². The number of hydrogen-bond donors (Lipinski definition) is 3. The molecule has 0 saturated heterocycles. The normalized spacial score (nSPS) is 14.9. The van der Waals surface area contributed by atoms with Gasteiger partial charge in [0.25, 0.3) is 0 Å². The molecule has 0 radical (unpaired) electrons. The highest BCUT2D eigenvalue weighted by molar-refractivity contribution is 5.50. The molecule has 0 bridgehead atoms. The Morgan fingerprint density at radius 2 is 1.35 bits per heavy atom. The van der Waals surface area contributed by atoms with E-state index in [1.54, 1.807) is 0 Å². The van der Waals surface area contributed by atoms with Crippen LogP contribution in [0.4, 0.5) is 0 Å². The summed E-state index contributed by atoms with van der Waals surface area (Å²) < 4.78 is 0. The highest BCUT2D eigenvalue weighted by atomic mass is 16.3. The number of phenolic OH excluding ortho intramolecular Hbond substituents is 1. The lowest BCUT2D eigenvalue weighted by Crippen LogP contribution is -2.29. The zero-order valence-corrected chi connectivity index (χ0v) is 16.9. The van der Waals surface area contributed by atoms with Gasteiger partial charge in [-0.25, -0.2) is 0 Å². The van der Waals surface area contributed by atoms with Crippen LogP contribution >= 0.6 is 0 Å². The molecular weight excluding hydrogens is 322 g/mol. The van der Waals surface area contributed by atoms with E-state index in [1.165, 1.54) is 0 Å². The third-order valence-corrected chi connectivity index (χ3v) is 4.84. The number of benzene rings is 2. The molecule has 3 heteroatoms. The van der Waals surface area contributed by atoms with E-state index in [0.717, 1.165) is 22.3 Å². The molecule has 3 nitrogen and oxygen atoms in total. The minimum atomic E-state index is -0.692. The lowest BCUT2D eigenvalue weighted by Gasteiger charge is -2.30. The third-order valence-electron chi connectivity index (χ3n) is 4.84. The Balaban J connectivity index is 2.44. The van der Waals surface area contributed by atoms with E-state index in [9.17, 15) is 10.2 Å². The minimum absolute atomic E-state index is 0.218. The number of aromatic hydroxyl groups is 1. The summed E-state index contributed by atoms with van der Waals surface area (Å²) in [5, 5.41) is 21.5. The van der Waals surface area contributed by atoms with Crippen molar-refractivity contribution in [2.24, 2.45) is 5.73 Å². The lowest BCUT2D eigenvalue weighted by atomic mass is 9.77. The fourth-order valence-corrected chi connectivity index (χ4v) is 3.20. The first-order chi connectivity index (χ1) is 11.9. The van der Waals surface area contributed by atoms with Crippen LogP contribution in [0.25, 0.3) is 0 Å². The summed E-state index contributed by atoms with van der Waals surface area (Å²) in [6.07, 6.45) is -0.193. The molecule has 0 spiro atoms. The Kier molecular flexibility index (Phi) is 5.84. The number of nitrogens with two attached hydrogens (primary N) is 1. The first-order valence-electron chi connectivity index (χ1n) is 9.26. The van der Waals surface area contributed by atoms with Crippen molar-refractivity contribution in [2.75, 3.05) is 0 Å². The van der Waals surface area contributed by atoms with Crippen LogP contribution < -0.4 is 5.73 Å². The molecule has 0 aliphatic rings. The standard InChI is InChI=1S/C23H33NO2/c1-22(2,3)17-13-16(14-18(21(17)26)23(4,5)6)20(24)19(25)12-15-10-8-7-9-11-15/h7-11,13-14,19-20,25-26H,12,24H2,1-6H3/t19-,20+/m1/s1. The quantitative estimate of drug-likeness (QED) is 0.751. The molecule has 0 aliphatic heterocycles. The number of aliphatic hydroxyl groups is 1. The van der Waals surface area contributed by atoms with Crippen molar-refractivity contribution in [2.45, 2.75) is 70.9 Å². The van der Waals surface area contributed by atoms with Crippen molar-refractivity contribution in [3.8, 4) is 5.75 Å². The molecule has 2 rings (SSSR count). The maximum atomic E-state index is 10.8. The van der Waals surface area contributed by atoms with Crippen molar-refractivity contribution >= 4 is 0 Å². The Bertz CT molecular complexity index is 704. The molecule has 0 amide bonds. The van der Waals surface area contributed by atoms with E-state index in [1.807, 2.05) is 42.5 Å². The van der Waals surface area contributed by atoms with Crippen LogP contribution in [0.3, 0.4) is 0 Å². The van der Waals surface area contributed by atoms with Gasteiger partial charge in [0, 0.05) is 6.42 Å². The maximum Gasteiger partial charge on any atom is 0.123 e. The Hall–Kier alpha value is -1.84. The Labute approximate surface area is 157 Å². The molecule has 4 N–H and O–H groups in total. The molecule has 0 aliphatic carbocycles. The van der Waals surface area contributed by atoms with Gasteiger partial charge in [-0.15, -0.1) is 0 Å². The van der Waals surface area contributed by atoms with Gasteiger partial charge in [0.1, 0.15) is 5.75 Å². The predicted molar refractivity (Wildman–Crippen MR) is 109 cm³/mol. The summed E-state index contributed by atoms with van der Waals surface area (Å²) in [7, 11) is 0.